The number of hydrogen-bond donors (Lipinski definition) is 2. The summed E-state index contributed by atoms with van der Waals surface area (Å²) in [5.41, 5.74) is 1.60. The van der Waals surface area contributed by atoms with E-state index in [0.29, 0.717) is 24.1 Å². The fourth-order valence-corrected chi connectivity index (χ4v) is 2.42. The van der Waals surface area contributed by atoms with E-state index in [0.717, 1.165) is 31.7 Å². The van der Waals surface area contributed by atoms with E-state index in [1.54, 1.807) is 0 Å². The molecule has 0 bridgehead atoms. The van der Waals surface area contributed by atoms with Gasteiger partial charge in [0.2, 0.25) is 0 Å². The second-order valence-corrected chi connectivity index (χ2v) is 5.64. The maximum absolute atomic E-state index is 12.3. The zero-order chi connectivity index (χ0) is 14.4. The molecule has 0 aromatic heterocycles. The summed E-state index contributed by atoms with van der Waals surface area (Å²) >= 11 is 0. The number of benzene rings is 1. The van der Waals surface area contributed by atoms with Crippen molar-refractivity contribution in [2.45, 2.75) is 32.7 Å². The number of carbonyl (C=O) groups is 1. The number of para-hydroxylation sites is 1. The van der Waals surface area contributed by atoms with Gasteiger partial charge in [-0.2, -0.15) is 0 Å². The summed E-state index contributed by atoms with van der Waals surface area (Å²) in [5.74, 6) is 0.428. The molecule has 20 heavy (non-hydrogen) atoms. The Morgan fingerprint density at radius 1 is 1.40 bits per heavy atom. The van der Waals surface area contributed by atoms with E-state index in [9.17, 15) is 4.79 Å². The topological polar surface area (TPSA) is 50.4 Å². The predicted molar refractivity (Wildman–Crippen MR) is 81.1 cm³/mol. The van der Waals surface area contributed by atoms with E-state index in [4.69, 9.17) is 4.74 Å². The minimum absolute atomic E-state index is 0.0145. The summed E-state index contributed by atoms with van der Waals surface area (Å²) in [7, 11) is 0. The minimum atomic E-state index is -0.0145. The van der Waals surface area contributed by atoms with E-state index >= 15 is 0 Å². The number of hydrogen-bond acceptors (Lipinski definition) is 3. The van der Waals surface area contributed by atoms with E-state index in [2.05, 4.69) is 24.5 Å². The molecule has 1 aromatic rings. The molecule has 1 amide bonds. The number of ether oxygens (including phenoxy) is 1. The molecule has 0 spiro atoms. The molecule has 2 rings (SSSR count). The lowest BCUT2D eigenvalue weighted by Gasteiger charge is -2.22. The normalized spacial score (nSPS) is 18.9. The van der Waals surface area contributed by atoms with Crippen molar-refractivity contribution in [2.75, 3.05) is 25.1 Å². The number of carbonyl (C=O) groups excluding carboxylic acids is 1. The zero-order valence-corrected chi connectivity index (χ0v) is 12.3. The maximum atomic E-state index is 12.3. The molecule has 4 nitrogen and oxygen atoms in total. The van der Waals surface area contributed by atoms with Crippen LogP contribution < -0.4 is 10.6 Å². The second kappa shape index (κ2) is 7.29. The molecule has 1 fully saturated rings. The average molecular weight is 276 g/mol. The van der Waals surface area contributed by atoms with Gasteiger partial charge in [0, 0.05) is 24.9 Å². The highest BCUT2D eigenvalue weighted by molar-refractivity contribution is 5.99. The summed E-state index contributed by atoms with van der Waals surface area (Å²) in [5, 5.41) is 6.33. The smallest absolute Gasteiger partial charge is 0.253 e. The first-order chi connectivity index (χ1) is 9.66. The highest BCUT2D eigenvalue weighted by atomic mass is 16.5. The van der Waals surface area contributed by atoms with Crippen LogP contribution in [0.25, 0.3) is 0 Å². The van der Waals surface area contributed by atoms with E-state index in [1.807, 2.05) is 24.3 Å². The van der Waals surface area contributed by atoms with Crippen molar-refractivity contribution in [2.24, 2.45) is 5.92 Å². The number of amides is 1. The van der Waals surface area contributed by atoms with Gasteiger partial charge < -0.3 is 15.4 Å². The Morgan fingerprint density at radius 3 is 2.90 bits per heavy atom. The third kappa shape index (κ3) is 4.23. The van der Waals surface area contributed by atoms with Crippen LogP contribution in [-0.2, 0) is 4.74 Å². The van der Waals surface area contributed by atoms with Crippen LogP contribution in [0.5, 0.6) is 0 Å². The fourth-order valence-electron chi connectivity index (χ4n) is 2.42. The third-order valence-corrected chi connectivity index (χ3v) is 3.42. The molecule has 0 saturated carbocycles. The molecule has 0 radical (unpaired) electrons. The van der Waals surface area contributed by atoms with Gasteiger partial charge in [-0.25, -0.2) is 0 Å². The van der Waals surface area contributed by atoms with Crippen LogP contribution in [-0.4, -0.2) is 31.7 Å². The van der Waals surface area contributed by atoms with Gasteiger partial charge in [0.1, 0.15) is 0 Å². The Kier molecular flexibility index (Phi) is 5.41. The zero-order valence-electron chi connectivity index (χ0n) is 12.3. The Hall–Kier alpha value is -1.55. The molecule has 1 aromatic carbocycles. The van der Waals surface area contributed by atoms with Crippen LogP contribution in [0.1, 0.15) is 37.0 Å². The first kappa shape index (κ1) is 14.9. The summed E-state index contributed by atoms with van der Waals surface area (Å²) in [6, 6.07) is 7.94. The van der Waals surface area contributed by atoms with Gasteiger partial charge in [0.05, 0.1) is 12.2 Å². The number of nitrogens with one attached hydrogen (secondary N) is 2. The Balaban J connectivity index is 1.94. The van der Waals surface area contributed by atoms with E-state index < -0.39 is 0 Å². The number of anilines is 1. The van der Waals surface area contributed by atoms with Crippen molar-refractivity contribution in [3.8, 4) is 0 Å². The largest absolute Gasteiger partial charge is 0.382 e. The maximum Gasteiger partial charge on any atom is 0.253 e. The predicted octanol–water partition coefficient (Wildman–Crippen LogP) is 2.66. The van der Waals surface area contributed by atoms with Crippen molar-refractivity contribution in [1.29, 1.82) is 0 Å². The molecule has 1 aliphatic rings. The first-order valence-electron chi connectivity index (χ1n) is 7.38. The van der Waals surface area contributed by atoms with E-state index in [1.165, 1.54) is 0 Å². The molecule has 110 valence electrons. The van der Waals surface area contributed by atoms with Gasteiger partial charge in [-0.15, -0.1) is 0 Å². The van der Waals surface area contributed by atoms with Gasteiger partial charge >= 0.3 is 0 Å². The molecular weight excluding hydrogens is 252 g/mol. The van der Waals surface area contributed by atoms with E-state index in [-0.39, 0.29) is 5.91 Å². The summed E-state index contributed by atoms with van der Waals surface area (Å²) in [6.07, 6.45) is 2.22. The van der Waals surface area contributed by atoms with Crippen molar-refractivity contribution in [1.82, 2.24) is 5.32 Å². The summed E-state index contributed by atoms with van der Waals surface area (Å²) < 4.78 is 5.43. The Bertz CT molecular complexity index is 440. The lowest BCUT2D eigenvalue weighted by Crippen LogP contribution is -2.33. The van der Waals surface area contributed by atoms with Crippen molar-refractivity contribution >= 4 is 11.6 Å². The van der Waals surface area contributed by atoms with Crippen LogP contribution in [0.15, 0.2) is 24.3 Å². The summed E-state index contributed by atoms with van der Waals surface area (Å²) in [6.45, 7) is 6.43. The fraction of sp³-hybridized carbons (Fsp3) is 0.562. The van der Waals surface area contributed by atoms with Crippen LogP contribution in [0.2, 0.25) is 0 Å². The first-order valence-corrected chi connectivity index (χ1v) is 7.38. The van der Waals surface area contributed by atoms with Crippen LogP contribution in [0.3, 0.4) is 0 Å². The average Bonchev–Trinajstić information content (AvgIpc) is 2.46. The minimum Gasteiger partial charge on any atom is -0.382 e. The van der Waals surface area contributed by atoms with Crippen molar-refractivity contribution < 1.29 is 9.53 Å². The number of rotatable bonds is 5. The van der Waals surface area contributed by atoms with Gasteiger partial charge in [0.15, 0.2) is 0 Å². The SMILES string of the molecule is CC(C)Nc1ccccc1C(=O)NCC1CCCOC1. The highest BCUT2D eigenvalue weighted by Crippen LogP contribution is 2.17. The molecule has 0 aliphatic carbocycles. The molecular formula is C16H24N2O2. The monoisotopic (exact) mass is 276 g/mol. The van der Waals surface area contributed by atoms with Crippen molar-refractivity contribution in [3.63, 3.8) is 0 Å². The molecule has 1 saturated heterocycles. The molecule has 4 heteroatoms. The standard InChI is InChI=1S/C16H24N2O2/c1-12(2)18-15-8-4-3-7-14(15)16(19)17-10-13-6-5-9-20-11-13/h3-4,7-8,12-13,18H,5-6,9-11H2,1-2H3,(H,17,19). The molecule has 2 N–H and O–H groups in total. The van der Waals surface area contributed by atoms with Crippen LogP contribution in [0.4, 0.5) is 5.69 Å². The molecule has 1 heterocycles. The van der Waals surface area contributed by atoms with Crippen molar-refractivity contribution in [3.05, 3.63) is 29.8 Å². The lowest BCUT2D eigenvalue weighted by molar-refractivity contribution is 0.0536. The molecule has 1 unspecified atom stereocenters. The lowest BCUT2D eigenvalue weighted by atomic mass is 10.0. The Labute approximate surface area is 120 Å². The second-order valence-electron chi connectivity index (χ2n) is 5.64. The molecule has 1 atom stereocenters. The summed E-state index contributed by atoms with van der Waals surface area (Å²) in [4.78, 5) is 12.3. The van der Waals surface area contributed by atoms with Gasteiger partial charge in [0.25, 0.3) is 5.91 Å². The third-order valence-electron chi connectivity index (χ3n) is 3.42. The van der Waals surface area contributed by atoms with Gasteiger partial charge in [-0.05, 0) is 44.7 Å². The molecule has 1 aliphatic heterocycles. The quantitative estimate of drug-likeness (QED) is 0.869. The van der Waals surface area contributed by atoms with Crippen LogP contribution in [0, 0.1) is 5.92 Å². The van der Waals surface area contributed by atoms with Crippen LogP contribution >= 0.6 is 0 Å². The Morgan fingerprint density at radius 2 is 2.20 bits per heavy atom. The highest BCUT2D eigenvalue weighted by Gasteiger charge is 2.16. The van der Waals surface area contributed by atoms with Gasteiger partial charge in [-0.3, -0.25) is 4.79 Å². The van der Waals surface area contributed by atoms with Gasteiger partial charge in [-0.1, -0.05) is 12.1 Å².